The molecule has 0 saturated heterocycles. The van der Waals surface area contributed by atoms with E-state index >= 15 is 0 Å². The number of rotatable bonds is 2. The first-order valence-electron chi connectivity index (χ1n) is 2.45. The first kappa shape index (κ1) is 9.16. The molecule has 0 spiro atoms. The zero-order chi connectivity index (χ0) is 8.15. The highest BCUT2D eigenvalue weighted by Crippen LogP contribution is 2.10. The Labute approximate surface area is 62.3 Å². The number of thioether (sulfide) groups is 1. The van der Waals surface area contributed by atoms with Crippen molar-refractivity contribution >= 4 is 16.9 Å². The largest absolute Gasteiger partial charge is 0.510 e. The fourth-order valence-corrected chi connectivity index (χ4v) is 0.726. The van der Waals surface area contributed by atoms with Crippen LogP contribution in [0.2, 0.25) is 0 Å². The number of hydrogen-bond donors (Lipinski definition) is 1. The van der Waals surface area contributed by atoms with Crippen molar-refractivity contribution in [1.82, 2.24) is 0 Å². The van der Waals surface area contributed by atoms with Crippen molar-refractivity contribution in [3.8, 4) is 0 Å². The van der Waals surface area contributed by atoms with Gasteiger partial charge in [0.05, 0.1) is 0 Å². The van der Waals surface area contributed by atoms with Crippen LogP contribution < -0.4 is 0 Å². The normalized spacial score (nSPS) is 12.2. The number of allylic oxidation sites excluding steroid dienone is 1. The lowest BCUT2D eigenvalue weighted by Crippen LogP contribution is -1.96. The molecule has 56 valence electrons. The van der Waals surface area contributed by atoms with E-state index < -0.39 is 10.8 Å². The fourth-order valence-electron chi connectivity index (χ4n) is 0.348. The van der Waals surface area contributed by atoms with E-state index in [4.69, 9.17) is 5.11 Å². The summed E-state index contributed by atoms with van der Waals surface area (Å²) in [4.78, 5) is 20.5. The maximum atomic E-state index is 10.6. The van der Waals surface area contributed by atoms with Crippen molar-refractivity contribution < 1.29 is 9.90 Å². The van der Waals surface area contributed by atoms with Crippen LogP contribution in [0.15, 0.2) is 16.6 Å². The molecule has 0 aromatic carbocycles. The third-order valence-electron chi connectivity index (χ3n) is 0.813. The van der Waals surface area contributed by atoms with Crippen molar-refractivity contribution in [1.29, 1.82) is 0 Å². The summed E-state index contributed by atoms with van der Waals surface area (Å²) >= 11 is 0.835. The first-order valence-corrected chi connectivity index (χ1v) is 3.67. The van der Waals surface area contributed by atoms with Crippen LogP contribution in [0.3, 0.4) is 0 Å². The van der Waals surface area contributed by atoms with Crippen molar-refractivity contribution in [3.63, 3.8) is 0 Å². The predicted molar refractivity (Wildman–Crippen MR) is 39.6 cm³/mol. The van der Waals surface area contributed by atoms with Crippen molar-refractivity contribution in [3.05, 3.63) is 16.4 Å². The number of carbonyl (C=O) groups is 1. The van der Waals surface area contributed by atoms with Gasteiger partial charge in [-0.3, -0.25) is 4.79 Å². The predicted octanol–water partition coefficient (Wildman–Crippen LogP) is 1.43. The molecule has 0 bridgehead atoms. The maximum absolute atomic E-state index is 10.6. The summed E-state index contributed by atoms with van der Waals surface area (Å²) in [6.45, 7) is 1.24. The SMILES string of the molecule is CSC(=O)C(N=O)=C(C)O. The van der Waals surface area contributed by atoms with E-state index in [1.54, 1.807) is 0 Å². The molecule has 0 aromatic heterocycles. The second kappa shape index (κ2) is 4.05. The molecular weight excluding hydrogens is 154 g/mol. The number of aliphatic hydroxyl groups is 1. The van der Waals surface area contributed by atoms with E-state index in [1.165, 1.54) is 13.2 Å². The first-order chi connectivity index (χ1) is 4.63. The second-order valence-corrected chi connectivity index (χ2v) is 2.30. The molecule has 0 aliphatic heterocycles. The van der Waals surface area contributed by atoms with Crippen LogP contribution in [-0.4, -0.2) is 16.5 Å². The van der Waals surface area contributed by atoms with E-state index in [-0.39, 0.29) is 5.76 Å². The standard InChI is InChI=1S/C5H7NO3S/c1-3(7)4(6-9)5(8)10-2/h7H,1-2H3. The van der Waals surface area contributed by atoms with E-state index in [2.05, 4.69) is 5.18 Å². The average molecular weight is 161 g/mol. The summed E-state index contributed by atoms with van der Waals surface area (Å²) in [6.07, 6.45) is 1.51. The van der Waals surface area contributed by atoms with Crippen LogP contribution >= 0.6 is 11.8 Å². The highest BCUT2D eigenvalue weighted by atomic mass is 32.2. The number of nitroso groups, excluding NO2 is 1. The van der Waals surface area contributed by atoms with Crippen LogP contribution in [0.25, 0.3) is 0 Å². The lowest BCUT2D eigenvalue weighted by atomic mass is 10.4. The monoisotopic (exact) mass is 161 g/mol. The van der Waals surface area contributed by atoms with Crippen LogP contribution in [0.4, 0.5) is 0 Å². The van der Waals surface area contributed by atoms with Crippen molar-refractivity contribution in [2.24, 2.45) is 5.18 Å². The molecule has 0 radical (unpaired) electrons. The molecule has 0 amide bonds. The lowest BCUT2D eigenvalue weighted by Gasteiger charge is -1.93. The van der Waals surface area contributed by atoms with Gasteiger partial charge in [0, 0.05) is 0 Å². The highest BCUT2D eigenvalue weighted by Gasteiger charge is 2.11. The molecule has 0 aliphatic rings. The van der Waals surface area contributed by atoms with Crippen LogP contribution in [0.1, 0.15) is 6.92 Å². The van der Waals surface area contributed by atoms with Gasteiger partial charge in [0.1, 0.15) is 5.76 Å². The molecule has 0 aromatic rings. The summed E-state index contributed by atoms with van der Waals surface area (Å²) in [6, 6.07) is 0. The Hall–Kier alpha value is -0.840. The third-order valence-corrected chi connectivity index (χ3v) is 1.38. The molecular formula is C5H7NO3S. The summed E-state index contributed by atoms with van der Waals surface area (Å²) < 4.78 is 0. The highest BCUT2D eigenvalue weighted by molar-refractivity contribution is 8.13. The summed E-state index contributed by atoms with van der Waals surface area (Å²) in [5.41, 5.74) is -0.410. The Kier molecular flexibility index (Phi) is 3.71. The van der Waals surface area contributed by atoms with Gasteiger partial charge in [0.2, 0.25) is 5.12 Å². The van der Waals surface area contributed by atoms with Crippen LogP contribution in [0.5, 0.6) is 0 Å². The number of aliphatic hydroxyl groups excluding tert-OH is 1. The second-order valence-electron chi connectivity index (χ2n) is 1.52. The van der Waals surface area contributed by atoms with Crippen molar-refractivity contribution in [2.75, 3.05) is 6.26 Å². The number of hydrogen-bond acceptors (Lipinski definition) is 5. The zero-order valence-electron chi connectivity index (χ0n) is 5.62. The molecule has 0 heterocycles. The third kappa shape index (κ3) is 2.18. The Morgan fingerprint density at radius 2 is 2.10 bits per heavy atom. The van der Waals surface area contributed by atoms with Crippen molar-refractivity contribution in [2.45, 2.75) is 6.92 Å². The van der Waals surface area contributed by atoms with E-state index in [9.17, 15) is 9.70 Å². The van der Waals surface area contributed by atoms with Gasteiger partial charge in [-0.25, -0.2) is 0 Å². The van der Waals surface area contributed by atoms with Crippen LogP contribution in [0, 0.1) is 4.91 Å². The summed E-state index contributed by atoms with van der Waals surface area (Å²) in [5.74, 6) is -0.339. The molecule has 5 heteroatoms. The van der Waals surface area contributed by atoms with Gasteiger partial charge in [0.25, 0.3) is 0 Å². The molecule has 0 rings (SSSR count). The molecule has 0 unspecified atom stereocenters. The topological polar surface area (TPSA) is 66.7 Å². The number of carbonyl (C=O) groups excluding carboxylic acids is 1. The van der Waals surface area contributed by atoms with Gasteiger partial charge in [-0.2, -0.15) is 0 Å². The van der Waals surface area contributed by atoms with Gasteiger partial charge in [-0.05, 0) is 18.4 Å². The number of nitrogens with zero attached hydrogens (tertiary/aromatic N) is 1. The Morgan fingerprint density at radius 3 is 2.20 bits per heavy atom. The summed E-state index contributed by atoms with van der Waals surface area (Å²) in [5, 5.41) is 10.5. The molecule has 10 heavy (non-hydrogen) atoms. The zero-order valence-corrected chi connectivity index (χ0v) is 6.44. The molecule has 0 aliphatic carbocycles. The maximum Gasteiger partial charge on any atom is 0.244 e. The summed E-state index contributed by atoms with van der Waals surface area (Å²) in [7, 11) is 0. The van der Waals surface area contributed by atoms with Gasteiger partial charge in [0.15, 0.2) is 5.70 Å². The molecule has 0 saturated carbocycles. The minimum absolute atomic E-state index is 0.339. The van der Waals surface area contributed by atoms with Crippen LogP contribution in [-0.2, 0) is 4.79 Å². The van der Waals surface area contributed by atoms with Gasteiger partial charge in [-0.15, -0.1) is 4.91 Å². The molecule has 4 nitrogen and oxygen atoms in total. The smallest absolute Gasteiger partial charge is 0.244 e. The minimum atomic E-state index is -0.519. The Balaban J connectivity index is 4.53. The quantitative estimate of drug-likeness (QED) is 0.378. The van der Waals surface area contributed by atoms with E-state index in [1.807, 2.05) is 0 Å². The molecule has 0 fully saturated rings. The van der Waals surface area contributed by atoms with E-state index in [0.29, 0.717) is 0 Å². The Bertz CT molecular complexity index is 183. The van der Waals surface area contributed by atoms with Gasteiger partial charge in [-0.1, -0.05) is 11.8 Å². The average Bonchev–Trinajstić information content (AvgIpc) is 1.88. The lowest BCUT2D eigenvalue weighted by molar-refractivity contribution is -0.108. The van der Waals surface area contributed by atoms with Gasteiger partial charge >= 0.3 is 0 Å². The minimum Gasteiger partial charge on any atom is -0.510 e. The van der Waals surface area contributed by atoms with E-state index in [0.717, 1.165) is 11.8 Å². The molecule has 0 atom stereocenters. The fraction of sp³-hybridized carbons (Fsp3) is 0.400. The Morgan fingerprint density at radius 1 is 1.60 bits per heavy atom. The van der Waals surface area contributed by atoms with Gasteiger partial charge < -0.3 is 5.11 Å². The molecule has 1 N–H and O–H groups in total.